The van der Waals surface area contributed by atoms with Crippen molar-refractivity contribution in [1.29, 1.82) is 0 Å². The van der Waals surface area contributed by atoms with E-state index in [-0.39, 0.29) is 17.9 Å². The summed E-state index contributed by atoms with van der Waals surface area (Å²) < 4.78 is 5.31. The molecule has 0 saturated heterocycles. The van der Waals surface area contributed by atoms with Gasteiger partial charge in [0.2, 0.25) is 0 Å². The van der Waals surface area contributed by atoms with E-state index in [4.69, 9.17) is 9.84 Å². The molecule has 1 atom stereocenters. The van der Waals surface area contributed by atoms with Crippen LogP contribution in [0, 0.1) is 11.3 Å². The van der Waals surface area contributed by atoms with E-state index < -0.39 is 6.10 Å². The lowest BCUT2D eigenvalue weighted by atomic mass is 9.82. The molecule has 19 heavy (non-hydrogen) atoms. The number of hydrogen-bond acceptors (Lipinski definition) is 3. The average Bonchev–Trinajstić information content (AvgIpc) is 2.38. The first-order valence-electron chi connectivity index (χ1n) is 7.70. The molecule has 1 unspecified atom stereocenters. The maximum absolute atomic E-state index is 9.49. The summed E-state index contributed by atoms with van der Waals surface area (Å²) in [5.74, 6) is 0.210. The van der Waals surface area contributed by atoms with Crippen LogP contribution in [0.3, 0.4) is 0 Å². The van der Waals surface area contributed by atoms with E-state index >= 15 is 0 Å². The minimum atomic E-state index is -0.419. The summed E-state index contributed by atoms with van der Waals surface area (Å²) in [6.07, 6.45) is 4.49. The molecular weight excluding hydrogens is 240 g/mol. The molecule has 0 aromatic carbocycles. The van der Waals surface area contributed by atoms with E-state index in [2.05, 4.69) is 13.8 Å². The van der Waals surface area contributed by atoms with Crippen molar-refractivity contribution in [3.63, 3.8) is 0 Å². The first-order chi connectivity index (χ1) is 8.83. The summed E-state index contributed by atoms with van der Waals surface area (Å²) in [5.41, 5.74) is -0.367. The Kier molecular flexibility index (Phi) is 14.4. The Morgan fingerprint density at radius 1 is 1.00 bits per heavy atom. The lowest BCUT2D eigenvalue weighted by molar-refractivity contribution is -0.0204. The third-order valence-corrected chi connectivity index (χ3v) is 3.12. The van der Waals surface area contributed by atoms with E-state index in [0.717, 1.165) is 13.2 Å². The van der Waals surface area contributed by atoms with Gasteiger partial charge >= 0.3 is 0 Å². The largest absolute Gasteiger partial charge is 0.396 e. The Morgan fingerprint density at radius 2 is 1.42 bits per heavy atom. The van der Waals surface area contributed by atoms with Gasteiger partial charge in [-0.05, 0) is 18.8 Å². The molecule has 0 aliphatic rings. The maximum atomic E-state index is 9.49. The molecule has 0 aromatic rings. The smallest absolute Gasteiger partial charge is 0.0635 e. The van der Waals surface area contributed by atoms with Crippen LogP contribution in [0.15, 0.2) is 0 Å². The second-order valence-electron chi connectivity index (χ2n) is 6.16. The highest BCUT2D eigenvalue weighted by Crippen LogP contribution is 2.24. The minimum absolute atomic E-state index is 0.0341. The number of aliphatic hydroxyl groups is 2. The van der Waals surface area contributed by atoms with Gasteiger partial charge < -0.3 is 14.9 Å². The number of ether oxygens (including phenoxy) is 1. The second-order valence-corrected chi connectivity index (χ2v) is 6.16. The van der Waals surface area contributed by atoms with Gasteiger partial charge in [0, 0.05) is 18.6 Å². The molecule has 0 rings (SSSR count). The molecule has 0 aliphatic heterocycles. The third kappa shape index (κ3) is 12.6. The van der Waals surface area contributed by atoms with Gasteiger partial charge in [-0.2, -0.15) is 0 Å². The van der Waals surface area contributed by atoms with Crippen molar-refractivity contribution >= 4 is 0 Å². The Hall–Kier alpha value is -0.120. The van der Waals surface area contributed by atoms with Gasteiger partial charge in [-0.15, -0.1) is 0 Å². The summed E-state index contributed by atoms with van der Waals surface area (Å²) in [6.45, 7) is 13.9. The highest BCUT2D eigenvalue weighted by Gasteiger charge is 2.28. The molecule has 0 radical (unpaired) electrons. The Balaban J connectivity index is 0. The Morgan fingerprint density at radius 3 is 1.63 bits per heavy atom. The molecule has 0 aliphatic carbocycles. The fraction of sp³-hybridized carbons (Fsp3) is 1.00. The van der Waals surface area contributed by atoms with Gasteiger partial charge in [0.1, 0.15) is 0 Å². The zero-order chi connectivity index (χ0) is 15.3. The molecule has 2 N–H and O–H groups in total. The van der Waals surface area contributed by atoms with Crippen molar-refractivity contribution in [2.75, 3.05) is 19.8 Å². The van der Waals surface area contributed by atoms with E-state index in [1.165, 1.54) is 25.7 Å². The SMILES string of the molecule is CC(C)C(O)C(C)(C)CO.CCCCOCCCC. The van der Waals surface area contributed by atoms with Gasteiger partial charge in [-0.1, -0.05) is 54.4 Å². The molecule has 0 amide bonds. The number of unbranched alkanes of at least 4 members (excludes halogenated alkanes) is 2. The van der Waals surface area contributed by atoms with Crippen LogP contribution in [0.4, 0.5) is 0 Å². The summed E-state index contributed by atoms with van der Waals surface area (Å²) in [4.78, 5) is 0. The van der Waals surface area contributed by atoms with Crippen LogP contribution in [-0.2, 0) is 4.74 Å². The topological polar surface area (TPSA) is 49.7 Å². The molecule has 3 heteroatoms. The van der Waals surface area contributed by atoms with Gasteiger partial charge in [-0.3, -0.25) is 0 Å². The first-order valence-corrected chi connectivity index (χ1v) is 7.70. The number of hydrogen-bond donors (Lipinski definition) is 2. The molecule has 3 nitrogen and oxygen atoms in total. The Labute approximate surface area is 120 Å². The summed E-state index contributed by atoms with van der Waals surface area (Å²) in [6, 6.07) is 0. The van der Waals surface area contributed by atoms with Crippen LogP contribution in [-0.4, -0.2) is 36.1 Å². The van der Waals surface area contributed by atoms with Crippen LogP contribution in [0.25, 0.3) is 0 Å². The van der Waals surface area contributed by atoms with Crippen LogP contribution in [0.2, 0.25) is 0 Å². The zero-order valence-corrected chi connectivity index (χ0v) is 13.9. The second kappa shape index (κ2) is 12.9. The van der Waals surface area contributed by atoms with Crippen molar-refractivity contribution in [3.05, 3.63) is 0 Å². The first kappa shape index (κ1) is 21.2. The predicted octanol–water partition coefficient (Wildman–Crippen LogP) is 3.63. The van der Waals surface area contributed by atoms with Gasteiger partial charge in [0.15, 0.2) is 0 Å². The highest BCUT2D eigenvalue weighted by molar-refractivity contribution is 4.78. The molecule has 118 valence electrons. The van der Waals surface area contributed by atoms with Crippen molar-refractivity contribution < 1.29 is 14.9 Å². The van der Waals surface area contributed by atoms with E-state index in [0.29, 0.717) is 0 Å². The monoisotopic (exact) mass is 276 g/mol. The lowest BCUT2D eigenvalue weighted by Gasteiger charge is -2.30. The van der Waals surface area contributed by atoms with Crippen LogP contribution < -0.4 is 0 Å². The summed E-state index contributed by atoms with van der Waals surface area (Å²) in [7, 11) is 0. The number of rotatable bonds is 9. The van der Waals surface area contributed by atoms with Crippen molar-refractivity contribution in [2.24, 2.45) is 11.3 Å². The lowest BCUT2D eigenvalue weighted by Crippen LogP contribution is -2.36. The maximum Gasteiger partial charge on any atom is 0.0635 e. The standard InChI is InChI=1S/C8H18O2.C8H18O/c1-6(2)7(10)8(3,4)5-9;1-3-5-7-9-8-6-4-2/h6-7,9-10H,5H2,1-4H3;3-8H2,1-2H3. The molecule has 0 spiro atoms. The summed E-state index contributed by atoms with van der Waals surface area (Å²) in [5, 5.41) is 18.3. The fourth-order valence-corrected chi connectivity index (χ4v) is 1.59. The molecule has 0 aromatic heterocycles. The van der Waals surface area contributed by atoms with Gasteiger partial charge in [0.25, 0.3) is 0 Å². The van der Waals surface area contributed by atoms with Crippen LogP contribution >= 0.6 is 0 Å². The highest BCUT2D eigenvalue weighted by atomic mass is 16.5. The fourth-order valence-electron chi connectivity index (χ4n) is 1.59. The average molecular weight is 276 g/mol. The third-order valence-electron chi connectivity index (χ3n) is 3.12. The zero-order valence-electron chi connectivity index (χ0n) is 13.9. The predicted molar refractivity (Wildman–Crippen MR) is 82.3 cm³/mol. The molecule has 0 saturated carbocycles. The normalized spacial score (nSPS) is 13.1. The number of aliphatic hydroxyl groups excluding tert-OH is 2. The van der Waals surface area contributed by atoms with E-state index in [1.54, 1.807) is 0 Å². The van der Waals surface area contributed by atoms with Crippen molar-refractivity contribution in [2.45, 2.75) is 73.3 Å². The van der Waals surface area contributed by atoms with Gasteiger partial charge in [-0.25, -0.2) is 0 Å². The van der Waals surface area contributed by atoms with Crippen molar-refractivity contribution in [1.82, 2.24) is 0 Å². The van der Waals surface area contributed by atoms with Crippen LogP contribution in [0.5, 0.6) is 0 Å². The van der Waals surface area contributed by atoms with Crippen molar-refractivity contribution in [3.8, 4) is 0 Å². The molecule has 0 bridgehead atoms. The van der Waals surface area contributed by atoms with Crippen LogP contribution in [0.1, 0.15) is 67.2 Å². The van der Waals surface area contributed by atoms with E-state index in [1.807, 2.05) is 27.7 Å². The minimum Gasteiger partial charge on any atom is -0.396 e. The molecule has 0 fully saturated rings. The molecular formula is C16H36O3. The molecule has 0 heterocycles. The Bertz CT molecular complexity index is 173. The summed E-state index contributed by atoms with van der Waals surface area (Å²) >= 11 is 0. The quantitative estimate of drug-likeness (QED) is 0.632. The van der Waals surface area contributed by atoms with Gasteiger partial charge in [0.05, 0.1) is 12.7 Å². The van der Waals surface area contributed by atoms with E-state index in [9.17, 15) is 5.11 Å².